The van der Waals surface area contributed by atoms with Gasteiger partial charge in [-0.15, -0.1) is 0 Å². The van der Waals surface area contributed by atoms with Crippen molar-refractivity contribution in [2.24, 2.45) is 0 Å². The molecular weight excluding hydrogens is 358 g/mol. The van der Waals surface area contributed by atoms with Gasteiger partial charge in [-0.3, -0.25) is 4.79 Å². The smallest absolute Gasteiger partial charge is 0.255 e. The van der Waals surface area contributed by atoms with Crippen molar-refractivity contribution >= 4 is 27.5 Å². The van der Waals surface area contributed by atoms with Gasteiger partial charge >= 0.3 is 0 Å². The van der Waals surface area contributed by atoms with Crippen molar-refractivity contribution < 1.29 is 9.53 Å². The zero-order chi connectivity index (χ0) is 16.4. The molecule has 1 aromatic carbocycles. The molecule has 0 saturated carbocycles. The lowest BCUT2D eigenvalue weighted by Gasteiger charge is -2.09. The first-order chi connectivity index (χ1) is 11.1. The number of methoxy groups -OCH3 is 1. The Kier molecular flexibility index (Phi) is 4.34. The number of benzene rings is 1. The van der Waals surface area contributed by atoms with E-state index in [1.54, 1.807) is 13.2 Å². The van der Waals surface area contributed by atoms with Crippen LogP contribution in [0.25, 0.3) is 5.65 Å². The topological polar surface area (TPSA) is 55.6 Å². The summed E-state index contributed by atoms with van der Waals surface area (Å²) in [6.45, 7) is 2.30. The van der Waals surface area contributed by atoms with Gasteiger partial charge in [0.15, 0.2) is 0 Å². The van der Waals surface area contributed by atoms with E-state index in [0.29, 0.717) is 17.9 Å². The van der Waals surface area contributed by atoms with E-state index in [4.69, 9.17) is 4.74 Å². The molecule has 0 fully saturated rings. The van der Waals surface area contributed by atoms with Crippen LogP contribution in [0.3, 0.4) is 0 Å². The maximum Gasteiger partial charge on any atom is 0.255 e. The third-order valence-corrected chi connectivity index (χ3v) is 3.96. The number of fused-ring (bicyclic) bond motifs is 1. The first-order valence-corrected chi connectivity index (χ1v) is 7.92. The van der Waals surface area contributed by atoms with Crippen molar-refractivity contribution in [1.29, 1.82) is 0 Å². The average molecular weight is 374 g/mol. The number of hydrogen-bond donors (Lipinski definition) is 1. The van der Waals surface area contributed by atoms with E-state index in [9.17, 15) is 4.79 Å². The predicted molar refractivity (Wildman–Crippen MR) is 91.8 cm³/mol. The Labute approximate surface area is 142 Å². The van der Waals surface area contributed by atoms with Gasteiger partial charge in [0.2, 0.25) is 0 Å². The minimum atomic E-state index is -0.177. The molecular formula is C17H16BrN3O2. The highest BCUT2D eigenvalue weighted by Gasteiger charge is 2.13. The summed E-state index contributed by atoms with van der Waals surface area (Å²) in [6, 6.07) is 9.37. The van der Waals surface area contributed by atoms with Crippen LogP contribution in [0.2, 0.25) is 0 Å². The largest absolute Gasteiger partial charge is 0.496 e. The van der Waals surface area contributed by atoms with Crippen LogP contribution in [0.5, 0.6) is 5.75 Å². The second-order valence-electron chi connectivity index (χ2n) is 5.23. The highest BCUT2D eigenvalue weighted by Crippen LogP contribution is 2.19. The van der Waals surface area contributed by atoms with E-state index in [0.717, 1.165) is 21.4 Å². The molecule has 118 valence electrons. The van der Waals surface area contributed by atoms with Crippen molar-refractivity contribution in [2.45, 2.75) is 13.5 Å². The molecule has 0 radical (unpaired) electrons. The van der Waals surface area contributed by atoms with E-state index in [1.165, 1.54) is 0 Å². The molecule has 2 heterocycles. The third kappa shape index (κ3) is 3.37. The number of rotatable bonds is 4. The van der Waals surface area contributed by atoms with Crippen molar-refractivity contribution in [3.05, 3.63) is 64.0 Å². The molecule has 0 aliphatic rings. The maximum atomic E-state index is 12.4. The Morgan fingerprint density at radius 2 is 2.13 bits per heavy atom. The number of ether oxygens (including phenoxy) is 1. The molecule has 1 N–H and O–H groups in total. The second kappa shape index (κ2) is 6.42. The summed E-state index contributed by atoms with van der Waals surface area (Å²) in [5.74, 6) is 0.385. The van der Waals surface area contributed by atoms with Gasteiger partial charge in [0, 0.05) is 16.9 Å². The van der Waals surface area contributed by atoms with Crippen LogP contribution >= 0.6 is 15.9 Å². The molecule has 23 heavy (non-hydrogen) atoms. The lowest BCUT2D eigenvalue weighted by molar-refractivity contribution is 0.0947. The Hall–Kier alpha value is -2.34. The quantitative estimate of drug-likeness (QED) is 0.762. The van der Waals surface area contributed by atoms with Gasteiger partial charge in [-0.05, 0) is 47.1 Å². The average Bonchev–Trinajstić information content (AvgIpc) is 2.94. The van der Waals surface area contributed by atoms with Crippen molar-refractivity contribution in [3.8, 4) is 5.75 Å². The maximum absolute atomic E-state index is 12.4. The molecule has 0 unspecified atom stereocenters. The zero-order valence-electron chi connectivity index (χ0n) is 12.8. The summed E-state index contributed by atoms with van der Waals surface area (Å²) >= 11 is 3.42. The molecule has 0 saturated heterocycles. The number of amides is 1. The summed E-state index contributed by atoms with van der Waals surface area (Å²) in [6.07, 6.45) is 3.82. The van der Waals surface area contributed by atoms with Gasteiger partial charge in [0.05, 0.1) is 24.9 Å². The zero-order valence-corrected chi connectivity index (χ0v) is 14.4. The molecule has 1 amide bonds. The van der Waals surface area contributed by atoms with Crippen LogP contribution < -0.4 is 10.1 Å². The number of hydrogen-bond acceptors (Lipinski definition) is 3. The predicted octanol–water partition coefficient (Wildman–Crippen LogP) is 3.34. The first kappa shape index (κ1) is 15.6. The number of carbonyl (C=O) groups excluding carboxylic acids is 1. The van der Waals surface area contributed by atoms with Crippen LogP contribution in [-0.4, -0.2) is 22.4 Å². The monoisotopic (exact) mass is 373 g/mol. The lowest BCUT2D eigenvalue weighted by atomic mass is 10.1. The van der Waals surface area contributed by atoms with Crippen molar-refractivity contribution in [3.63, 3.8) is 0 Å². The summed E-state index contributed by atoms with van der Waals surface area (Å²) in [7, 11) is 1.56. The number of nitrogens with one attached hydrogen (secondary N) is 1. The molecule has 0 bridgehead atoms. The molecule has 6 heteroatoms. The normalized spacial score (nSPS) is 10.7. The van der Waals surface area contributed by atoms with Gasteiger partial charge in [0.25, 0.3) is 5.91 Å². The highest BCUT2D eigenvalue weighted by atomic mass is 79.9. The fourth-order valence-corrected chi connectivity index (χ4v) is 2.72. The number of halogens is 1. The fourth-order valence-electron chi connectivity index (χ4n) is 2.37. The number of imidazole rings is 1. The van der Waals surface area contributed by atoms with E-state index < -0.39 is 0 Å². The van der Waals surface area contributed by atoms with Gasteiger partial charge in [-0.1, -0.05) is 11.6 Å². The van der Waals surface area contributed by atoms with Crippen LogP contribution in [0.1, 0.15) is 21.6 Å². The van der Waals surface area contributed by atoms with E-state index in [2.05, 4.69) is 26.2 Å². The summed E-state index contributed by atoms with van der Waals surface area (Å²) in [5.41, 5.74) is 3.17. The number of pyridine rings is 1. The molecule has 5 nitrogen and oxygen atoms in total. The minimum Gasteiger partial charge on any atom is -0.496 e. The standard InChI is InChI=1S/C17H16BrN3O2/c1-11-3-5-15(23-2)14(7-11)17(22)19-8-13-10-21-9-12(18)4-6-16(21)20-13/h3-7,9-10H,8H2,1-2H3,(H,19,22). The minimum absolute atomic E-state index is 0.177. The molecule has 0 spiro atoms. The summed E-state index contributed by atoms with van der Waals surface area (Å²) in [5, 5.41) is 2.89. The Balaban J connectivity index is 1.76. The van der Waals surface area contributed by atoms with Gasteiger partial charge in [-0.25, -0.2) is 4.98 Å². The van der Waals surface area contributed by atoms with Crippen LogP contribution in [0.4, 0.5) is 0 Å². The van der Waals surface area contributed by atoms with E-state index >= 15 is 0 Å². The molecule has 0 atom stereocenters. The number of nitrogens with zero attached hydrogens (tertiary/aromatic N) is 2. The Bertz CT molecular complexity index is 873. The van der Waals surface area contributed by atoms with Crippen LogP contribution in [-0.2, 0) is 6.54 Å². The second-order valence-corrected chi connectivity index (χ2v) is 6.15. The Morgan fingerprint density at radius 1 is 1.30 bits per heavy atom. The Morgan fingerprint density at radius 3 is 2.91 bits per heavy atom. The summed E-state index contributed by atoms with van der Waals surface area (Å²) < 4.78 is 8.14. The van der Waals surface area contributed by atoms with E-state index in [1.807, 2.05) is 48.0 Å². The molecule has 0 aliphatic carbocycles. The van der Waals surface area contributed by atoms with Crippen LogP contribution in [0, 0.1) is 6.92 Å². The SMILES string of the molecule is COc1ccc(C)cc1C(=O)NCc1cn2cc(Br)ccc2n1. The molecule has 3 aromatic rings. The summed E-state index contributed by atoms with van der Waals surface area (Å²) in [4.78, 5) is 16.9. The van der Waals surface area contributed by atoms with Crippen LogP contribution in [0.15, 0.2) is 47.2 Å². The lowest BCUT2D eigenvalue weighted by Crippen LogP contribution is -2.23. The van der Waals surface area contributed by atoms with Gasteiger partial charge in [-0.2, -0.15) is 0 Å². The van der Waals surface area contributed by atoms with E-state index in [-0.39, 0.29) is 5.91 Å². The van der Waals surface area contributed by atoms with Gasteiger partial charge in [0.1, 0.15) is 11.4 Å². The highest BCUT2D eigenvalue weighted by molar-refractivity contribution is 9.10. The third-order valence-electron chi connectivity index (χ3n) is 3.49. The number of aromatic nitrogens is 2. The molecule has 0 aliphatic heterocycles. The number of carbonyl (C=O) groups is 1. The van der Waals surface area contributed by atoms with Crippen molar-refractivity contribution in [2.75, 3.05) is 7.11 Å². The van der Waals surface area contributed by atoms with Crippen molar-refractivity contribution in [1.82, 2.24) is 14.7 Å². The molecule has 3 rings (SSSR count). The fraction of sp³-hybridized carbons (Fsp3) is 0.176. The van der Waals surface area contributed by atoms with Gasteiger partial charge < -0.3 is 14.5 Å². The number of aryl methyl sites for hydroxylation is 1. The first-order valence-electron chi connectivity index (χ1n) is 7.13. The molecule has 2 aromatic heterocycles.